The van der Waals surface area contributed by atoms with E-state index in [0.717, 1.165) is 63.0 Å². The van der Waals surface area contributed by atoms with Gasteiger partial charge in [-0.2, -0.15) is 0 Å². The first kappa shape index (κ1) is 15.6. The first-order valence-corrected chi connectivity index (χ1v) is 8.19. The largest absolute Gasteiger partial charge is 0.389 e. The maximum absolute atomic E-state index is 9.88. The number of aromatic nitrogens is 2. The van der Waals surface area contributed by atoms with E-state index in [1.54, 1.807) is 0 Å². The molecule has 0 aromatic carbocycles. The van der Waals surface area contributed by atoms with E-state index < -0.39 is 0 Å². The zero-order valence-corrected chi connectivity index (χ0v) is 13.5. The van der Waals surface area contributed by atoms with E-state index in [0.29, 0.717) is 12.6 Å². The molecular formula is C16H26N4O2. The quantitative estimate of drug-likeness (QED) is 0.870. The van der Waals surface area contributed by atoms with E-state index >= 15 is 0 Å². The number of rotatable bonds is 2. The monoisotopic (exact) mass is 306 g/mol. The van der Waals surface area contributed by atoms with Crippen LogP contribution in [0.2, 0.25) is 0 Å². The second-order valence-corrected chi connectivity index (χ2v) is 6.39. The Balaban J connectivity index is 1.60. The minimum absolute atomic E-state index is 0.358. The number of aryl methyl sites for hydroxylation is 2. The van der Waals surface area contributed by atoms with Gasteiger partial charge in [0.05, 0.1) is 19.3 Å². The zero-order chi connectivity index (χ0) is 15.5. The van der Waals surface area contributed by atoms with Crippen molar-refractivity contribution in [3.05, 3.63) is 17.5 Å². The van der Waals surface area contributed by atoms with Gasteiger partial charge in [-0.15, -0.1) is 0 Å². The van der Waals surface area contributed by atoms with Crippen LogP contribution in [0.1, 0.15) is 24.2 Å². The van der Waals surface area contributed by atoms with Gasteiger partial charge in [0, 0.05) is 43.6 Å². The van der Waals surface area contributed by atoms with Gasteiger partial charge < -0.3 is 14.7 Å². The molecule has 0 bridgehead atoms. The van der Waals surface area contributed by atoms with Gasteiger partial charge in [0.2, 0.25) is 5.95 Å². The second-order valence-electron chi connectivity index (χ2n) is 6.39. The summed E-state index contributed by atoms with van der Waals surface area (Å²) in [6, 6.07) is 2.54. The number of anilines is 1. The van der Waals surface area contributed by atoms with Crippen LogP contribution < -0.4 is 4.90 Å². The number of ether oxygens (including phenoxy) is 1. The lowest BCUT2D eigenvalue weighted by atomic mass is 10.0. The van der Waals surface area contributed by atoms with Gasteiger partial charge in [-0.05, 0) is 32.8 Å². The van der Waals surface area contributed by atoms with Crippen molar-refractivity contribution in [3.63, 3.8) is 0 Å². The minimum atomic E-state index is -0.358. The lowest BCUT2D eigenvalue weighted by molar-refractivity contribution is 0.0534. The summed E-state index contributed by atoms with van der Waals surface area (Å²) >= 11 is 0. The summed E-state index contributed by atoms with van der Waals surface area (Å²) in [4.78, 5) is 13.8. The van der Waals surface area contributed by atoms with Crippen molar-refractivity contribution in [1.82, 2.24) is 14.9 Å². The van der Waals surface area contributed by atoms with Gasteiger partial charge in [0.15, 0.2) is 0 Å². The average molecular weight is 306 g/mol. The summed E-state index contributed by atoms with van der Waals surface area (Å²) in [5.74, 6) is 0.857. The van der Waals surface area contributed by atoms with Crippen molar-refractivity contribution >= 4 is 5.95 Å². The van der Waals surface area contributed by atoms with Gasteiger partial charge in [0.1, 0.15) is 0 Å². The molecule has 1 aromatic heterocycles. The Morgan fingerprint density at radius 1 is 1.14 bits per heavy atom. The van der Waals surface area contributed by atoms with Crippen LogP contribution in [0.5, 0.6) is 0 Å². The number of hydrogen-bond acceptors (Lipinski definition) is 6. The minimum Gasteiger partial charge on any atom is -0.389 e. The van der Waals surface area contributed by atoms with E-state index in [2.05, 4.69) is 19.8 Å². The van der Waals surface area contributed by atoms with Crippen LogP contribution >= 0.6 is 0 Å². The van der Waals surface area contributed by atoms with Crippen molar-refractivity contribution in [2.75, 3.05) is 44.3 Å². The Morgan fingerprint density at radius 2 is 1.82 bits per heavy atom. The fraction of sp³-hybridized carbons (Fsp3) is 0.750. The number of aliphatic hydroxyl groups excluding tert-OH is 1. The number of nitrogens with zero attached hydrogens (tertiary/aromatic N) is 4. The SMILES string of the molecule is Cc1cc(C)nc(N2CCC(N3CCOC[C@H](O)C3)CC2)n1. The molecule has 0 aliphatic carbocycles. The Hall–Kier alpha value is -1.24. The maximum Gasteiger partial charge on any atom is 0.225 e. The summed E-state index contributed by atoms with van der Waals surface area (Å²) < 4.78 is 5.42. The molecule has 0 unspecified atom stereocenters. The lowest BCUT2D eigenvalue weighted by Gasteiger charge is -2.38. The van der Waals surface area contributed by atoms with Crippen LogP contribution in [0.3, 0.4) is 0 Å². The molecule has 1 N–H and O–H groups in total. The maximum atomic E-state index is 9.88. The Morgan fingerprint density at radius 3 is 2.50 bits per heavy atom. The Labute approximate surface area is 132 Å². The third-order valence-electron chi connectivity index (χ3n) is 4.51. The Kier molecular flexibility index (Phi) is 4.90. The van der Waals surface area contributed by atoms with E-state index in [9.17, 15) is 5.11 Å². The molecule has 0 spiro atoms. The molecule has 2 saturated heterocycles. The molecule has 1 atom stereocenters. The van der Waals surface area contributed by atoms with Gasteiger partial charge in [-0.3, -0.25) is 4.90 Å². The summed E-state index contributed by atoms with van der Waals surface area (Å²) in [5.41, 5.74) is 2.05. The standard InChI is InChI=1S/C16H26N4O2/c1-12-9-13(2)18-16(17-12)19-5-3-14(4-6-19)20-7-8-22-11-15(21)10-20/h9,14-15,21H,3-8,10-11H2,1-2H3/t15-/m1/s1. The molecule has 122 valence electrons. The molecular weight excluding hydrogens is 280 g/mol. The van der Waals surface area contributed by atoms with E-state index in [1.807, 2.05) is 19.9 Å². The normalized spacial score (nSPS) is 25.2. The third-order valence-corrected chi connectivity index (χ3v) is 4.51. The molecule has 2 aliphatic rings. The van der Waals surface area contributed by atoms with Crippen LogP contribution in [0.25, 0.3) is 0 Å². The number of hydrogen-bond donors (Lipinski definition) is 1. The summed E-state index contributed by atoms with van der Waals surface area (Å²) in [6.45, 7) is 8.81. The first-order chi connectivity index (χ1) is 10.6. The fourth-order valence-corrected chi connectivity index (χ4v) is 3.43. The number of aliphatic hydroxyl groups is 1. The Bertz CT molecular complexity index is 483. The second kappa shape index (κ2) is 6.89. The van der Waals surface area contributed by atoms with Crippen molar-refractivity contribution in [1.29, 1.82) is 0 Å². The molecule has 22 heavy (non-hydrogen) atoms. The third kappa shape index (κ3) is 3.74. The van der Waals surface area contributed by atoms with Gasteiger partial charge in [-0.25, -0.2) is 9.97 Å². The molecule has 6 nitrogen and oxygen atoms in total. The fourth-order valence-electron chi connectivity index (χ4n) is 3.43. The first-order valence-electron chi connectivity index (χ1n) is 8.19. The van der Waals surface area contributed by atoms with E-state index in [4.69, 9.17) is 4.74 Å². The molecule has 1 aromatic rings. The summed E-state index contributed by atoms with van der Waals surface area (Å²) in [5, 5.41) is 9.88. The van der Waals surface area contributed by atoms with E-state index in [1.165, 1.54) is 0 Å². The van der Waals surface area contributed by atoms with Crippen LogP contribution in [-0.4, -0.2) is 71.5 Å². The van der Waals surface area contributed by atoms with Crippen LogP contribution in [0.4, 0.5) is 5.95 Å². The topological polar surface area (TPSA) is 61.7 Å². The molecule has 3 rings (SSSR count). The predicted molar refractivity (Wildman–Crippen MR) is 85.1 cm³/mol. The smallest absolute Gasteiger partial charge is 0.225 e. The number of β-amino-alcohol motifs (C(OH)–C–C–N with tert-alkyl or cyclic N) is 1. The van der Waals surface area contributed by atoms with E-state index in [-0.39, 0.29) is 6.10 Å². The van der Waals surface area contributed by atoms with Crippen LogP contribution in [0.15, 0.2) is 6.07 Å². The summed E-state index contributed by atoms with van der Waals surface area (Å²) in [6.07, 6.45) is 1.81. The van der Waals surface area contributed by atoms with Gasteiger partial charge in [-0.1, -0.05) is 0 Å². The zero-order valence-electron chi connectivity index (χ0n) is 13.5. The average Bonchev–Trinajstić information content (AvgIpc) is 2.71. The van der Waals surface area contributed by atoms with Crippen LogP contribution in [-0.2, 0) is 4.74 Å². The van der Waals surface area contributed by atoms with Crippen molar-refractivity contribution in [2.24, 2.45) is 0 Å². The van der Waals surface area contributed by atoms with Crippen molar-refractivity contribution in [2.45, 2.75) is 38.8 Å². The molecule has 2 aliphatic heterocycles. The highest BCUT2D eigenvalue weighted by Crippen LogP contribution is 2.21. The lowest BCUT2D eigenvalue weighted by Crippen LogP contribution is -2.47. The molecule has 0 radical (unpaired) electrons. The highest BCUT2D eigenvalue weighted by atomic mass is 16.5. The molecule has 3 heterocycles. The number of piperidine rings is 1. The van der Waals surface area contributed by atoms with Crippen molar-refractivity contribution < 1.29 is 9.84 Å². The van der Waals surface area contributed by atoms with Gasteiger partial charge in [0.25, 0.3) is 0 Å². The highest BCUT2D eigenvalue weighted by molar-refractivity contribution is 5.32. The van der Waals surface area contributed by atoms with Crippen molar-refractivity contribution in [3.8, 4) is 0 Å². The highest BCUT2D eigenvalue weighted by Gasteiger charge is 2.28. The summed E-state index contributed by atoms with van der Waals surface area (Å²) in [7, 11) is 0. The molecule has 0 amide bonds. The molecule has 2 fully saturated rings. The predicted octanol–water partition coefficient (Wildman–Crippen LogP) is 0.755. The van der Waals surface area contributed by atoms with Gasteiger partial charge >= 0.3 is 0 Å². The molecule has 0 saturated carbocycles. The van der Waals surface area contributed by atoms with Crippen LogP contribution in [0, 0.1) is 13.8 Å². The molecule has 6 heteroatoms.